The molecule has 1 unspecified atom stereocenters. The van der Waals surface area contributed by atoms with Gasteiger partial charge in [0, 0.05) is 6.42 Å². The van der Waals surface area contributed by atoms with Crippen LogP contribution in [0.3, 0.4) is 0 Å². The zero-order valence-corrected chi connectivity index (χ0v) is 10.3. The van der Waals surface area contributed by atoms with Gasteiger partial charge in [0.25, 0.3) is 0 Å². The predicted molar refractivity (Wildman–Crippen MR) is 60.0 cm³/mol. The highest BCUT2D eigenvalue weighted by Crippen LogP contribution is 2.07. The number of nitrogens with one attached hydrogen (secondary N) is 2. The Kier molecular flexibility index (Phi) is 4.22. The van der Waals surface area contributed by atoms with Crippen molar-refractivity contribution in [3.05, 3.63) is 0 Å². The van der Waals surface area contributed by atoms with E-state index in [0.29, 0.717) is 6.42 Å². The predicted octanol–water partition coefficient (Wildman–Crippen LogP) is -0.277. The van der Waals surface area contributed by atoms with E-state index in [9.17, 15) is 14.4 Å². The summed E-state index contributed by atoms with van der Waals surface area (Å²) in [7, 11) is 0. The first-order valence-corrected chi connectivity index (χ1v) is 5.57. The maximum Gasteiger partial charge on any atom is 0.320 e. The fourth-order valence-electron chi connectivity index (χ4n) is 1.47. The molecule has 0 bridgehead atoms. The first kappa shape index (κ1) is 13.6. The molecule has 0 aliphatic carbocycles. The zero-order valence-electron chi connectivity index (χ0n) is 10.3. The third-order valence-electron chi connectivity index (χ3n) is 2.15. The van der Waals surface area contributed by atoms with Gasteiger partial charge in [-0.25, -0.2) is 0 Å². The number of amides is 2. The molecule has 1 aliphatic rings. The Labute approximate surface area is 100 Å². The lowest BCUT2D eigenvalue weighted by Gasteiger charge is -2.23. The number of hydrogen-bond acceptors (Lipinski definition) is 5. The first-order valence-electron chi connectivity index (χ1n) is 5.57. The standard InChI is InChI=1S/C11H18N2O4/c1-11(2,3)17-9(15)6-12-7-4-5-8(14)13-10(7)16/h7,12H,4-6H2,1-3H3,(H,13,14,16). The second-order valence-corrected chi connectivity index (χ2v) is 4.97. The molecule has 0 radical (unpaired) electrons. The van der Waals surface area contributed by atoms with Crippen molar-refractivity contribution < 1.29 is 19.1 Å². The molecule has 96 valence electrons. The molecule has 6 heteroatoms. The van der Waals surface area contributed by atoms with Crippen LogP contribution in [-0.2, 0) is 19.1 Å². The molecule has 0 aromatic heterocycles. The molecule has 2 N–H and O–H groups in total. The van der Waals surface area contributed by atoms with E-state index < -0.39 is 17.6 Å². The highest BCUT2D eigenvalue weighted by atomic mass is 16.6. The quantitative estimate of drug-likeness (QED) is 0.525. The van der Waals surface area contributed by atoms with E-state index >= 15 is 0 Å². The minimum Gasteiger partial charge on any atom is -0.459 e. The molecule has 0 aromatic rings. The molecule has 1 saturated heterocycles. The smallest absolute Gasteiger partial charge is 0.320 e. The minimum atomic E-state index is -0.538. The Morgan fingerprint density at radius 1 is 1.47 bits per heavy atom. The largest absolute Gasteiger partial charge is 0.459 e. The van der Waals surface area contributed by atoms with E-state index in [1.165, 1.54) is 0 Å². The van der Waals surface area contributed by atoms with Crippen LogP contribution in [0.5, 0.6) is 0 Å². The molecular formula is C11H18N2O4. The van der Waals surface area contributed by atoms with Crippen LogP contribution in [0.15, 0.2) is 0 Å². The van der Waals surface area contributed by atoms with Crippen LogP contribution >= 0.6 is 0 Å². The van der Waals surface area contributed by atoms with E-state index in [-0.39, 0.29) is 24.8 Å². The van der Waals surface area contributed by atoms with E-state index in [4.69, 9.17) is 4.74 Å². The number of esters is 1. The summed E-state index contributed by atoms with van der Waals surface area (Å²) in [5, 5.41) is 4.98. The summed E-state index contributed by atoms with van der Waals surface area (Å²) < 4.78 is 5.09. The van der Waals surface area contributed by atoms with Crippen molar-refractivity contribution in [3.63, 3.8) is 0 Å². The molecule has 0 spiro atoms. The van der Waals surface area contributed by atoms with E-state index in [1.807, 2.05) is 0 Å². The molecule has 1 heterocycles. The Hall–Kier alpha value is -1.43. The van der Waals surface area contributed by atoms with Crippen molar-refractivity contribution in [2.75, 3.05) is 6.54 Å². The zero-order chi connectivity index (χ0) is 13.1. The van der Waals surface area contributed by atoms with Gasteiger partial charge >= 0.3 is 5.97 Å². The molecule has 1 rings (SSSR count). The summed E-state index contributed by atoms with van der Waals surface area (Å²) >= 11 is 0. The fourth-order valence-corrected chi connectivity index (χ4v) is 1.47. The lowest BCUT2D eigenvalue weighted by atomic mass is 10.1. The van der Waals surface area contributed by atoms with E-state index in [0.717, 1.165) is 0 Å². The summed E-state index contributed by atoms with van der Waals surface area (Å²) in [6.07, 6.45) is 0.700. The van der Waals surface area contributed by atoms with Gasteiger partial charge in [0.2, 0.25) is 11.8 Å². The SMILES string of the molecule is CC(C)(C)OC(=O)CNC1CCC(=O)NC1=O. The number of rotatable bonds is 3. The summed E-state index contributed by atoms with van der Waals surface area (Å²) in [6.45, 7) is 5.29. The highest BCUT2D eigenvalue weighted by Gasteiger charge is 2.27. The van der Waals surface area contributed by atoms with Crippen LogP contribution in [0, 0.1) is 0 Å². The van der Waals surface area contributed by atoms with Crippen LogP contribution in [0.4, 0.5) is 0 Å². The lowest BCUT2D eigenvalue weighted by molar-refractivity contribution is -0.153. The van der Waals surface area contributed by atoms with Crippen molar-refractivity contribution in [1.82, 2.24) is 10.6 Å². The number of carbonyl (C=O) groups is 3. The normalized spacial score (nSPS) is 21.0. The van der Waals surface area contributed by atoms with Gasteiger partial charge in [-0.05, 0) is 27.2 Å². The Morgan fingerprint density at radius 2 is 2.12 bits per heavy atom. The monoisotopic (exact) mass is 242 g/mol. The Balaban J connectivity index is 2.33. The maximum atomic E-state index is 11.4. The highest BCUT2D eigenvalue weighted by molar-refractivity contribution is 6.00. The third kappa shape index (κ3) is 4.95. The molecule has 1 atom stereocenters. The molecule has 1 aliphatic heterocycles. The lowest BCUT2D eigenvalue weighted by Crippen LogP contribution is -2.52. The van der Waals surface area contributed by atoms with Gasteiger partial charge in [-0.3, -0.25) is 25.0 Å². The van der Waals surface area contributed by atoms with Crippen LogP contribution in [0.25, 0.3) is 0 Å². The number of carbonyl (C=O) groups excluding carboxylic acids is 3. The van der Waals surface area contributed by atoms with Gasteiger partial charge in [0.1, 0.15) is 5.60 Å². The summed E-state index contributed by atoms with van der Waals surface area (Å²) in [5.74, 6) is -1.07. The van der Waals surface area contributed by atoms with Crippen LogP contribution < -0.4 is 10.6 Å². The first-order chi connectivity index (χ1) is 7.78. The Morgan fingerprint density at radius 3 is 2.65 bits per heavy atom. The molecule has 2 amide bonds. The van der Waals surface area contributed by atoms with Crippen molar-refractivity contribution in [2.24, 2.45) is 0 Å². The third-order valence-corrected chi connectivity index (χ3v) is 2.15. The van der Waals surface area contributed by atoms with Crippen molar-refractivity contribution >= 4 is 17.8 Å². The van der Waals surface area contributed by atoms with Crippen molar-refractivity contribution in [1.29, 1.82) is 0 Å². The molecule has 17 heavy (non-hydrogen) atoms. The van der Waals surface area contributed by atoms with Gasteiger partial charge in [-0.15, -0.1) is 0 Å². The molecule has 6 nitrogen and oxygen atoms in total. The van der Waals surface area contributed by atoms with Gasteiger partial charge < -0.3 is 4.74 Å². The number of hydrogen-bond donors (Lipinski definition) is 2. The summed E-state index contributed by atoms with van der Waals surface area (Å²) in [6, 6.07) is -0.500. The van der Waals surface area contributed by atoms with Gasteiger partial charge in [-0.1, -0.05) is 0 Å². The van der Waals surface area contributed by atoms with Crippen LogP contribution in [0.2, 0.25) is 0 Å². The van der Waals surface area contributed by atoms with Gasteiger partial charge in [-0.2, -0.15) is 0 Å². The molecule has 0 saturated carbocycles. The van der Waals surface area contributed by atoms with Gasteiger partial charge in [0.05, 0.1) is 12.6 Å². The van der Waals surface area contributed by atoms with Gasteiger partial charge in [0.15, 0.2) is 0 Å². The average Bonchev–Trinajstić information content (AvgIpc) is 2.13. The molecular weight excluding hydrogens is 224 g/mol. The second-order valence-electron chi connectivity index (χ2n) is 4.97. The maximum absolute atomic E-state index is 11.4. The van der Waals surface area contributed by atoms with Crippen LogP contribution in [-0.4, -0.2) is 36.0 Å². The summed E-state index contributed by atoms with van der Waals surface area (Å²) in [5.41, 5.74) is -0.538. The summed E-state index contributed by atoms with van der Waals surface area (Å²) in [4.78, 5) is 33.6. The minimum absolute atomic E-state index is 0.0381. The van der Waals surface area contributed by atoms with E-state index in [2.05, 4.69) is 10.6 Å². The van der Waals surface area contributed by atoms with Crippen molar-refractivity contribution in [2.45, 2.75) is 45.3 Å². The number of ether oxygens (including phenoxy) is 1. The molecule has 0 aromatic carbocycles. The molecule has 1 fully saturated rings. The average molecular weight is 242 g/mol. The van der Waals surface area contributed by atoms with Crippen molar-refractivity contribution in [3.8, 4) is 0 Å². The number of piperidine rings is 1. The topological polar surface area (TPSA) is 84.5 Å². The fraction of sp³-hybridized carbons (Fsp3) is 0.727. The van der Waals surface area contributed by atoms with Crippen LogP contribution in [0.1, 0.15) is 33.6 Å². The van der Waals surface area contributed by atoms with E-state index in [1.54, 1.807) is 20.8 Å². The number of imide groups is 1. The Bertz CT molecular complexity index is 333. The second kappa shape index (κ2) is 5.27.